The average Bonchev–Trinajstić information content (AvgIpc) is 2.82. The summed E-state index contributed by atoms with van der Waals surface area (Å²) in [7, 11) is 0. The fourth-order valence-corrected chi connectivity index (χ4v) is 2.15. The lowest BCUT2D eigenvalue weighted by atomic mass is 10.1. The Bertz CT molecular complexity index is 678. The number of anilines is 1. The maximum Gasteiger partial charge on any atom is 0.253 e. The molecule has 1 N–H and O–H groups in total. The number of carbonyl (C=O) groups is 1. The molecule has 0 fully saturated rings. The second kappa shape index (κ2) is 4.98. The van der Waals surface area contributed by atoms with Crippen molar-refractivity contribution in [2.24, 2.45) is 5.10 Å². The van der Waals surface area contributed by atoms with Crippen LogP contribution in [0.5, 0.6) is 5.75 Å². The van der Waals surface area contributed by atoms with Gasteiger partial charge in [-0.3, -0.25) is 4.79 Å². The minimum absolute atomic E-state index is 0.0876. The number of nitrogens with zero attached hydrogens (tertiary/aromatic N) is 2. The number of carbonyl (C=O) groups excluding carboxylic acids is 1. The van der Waals surface area contributed by atoms with E-state index < -0.39 is 0 Å². The van der Waals surface area contributed by atoms with E-state index in [1.807, 2.05) is 0 Å². The van der Waals surface area contributed by atoms with Gasteiger partial charge in [-0.1, -0.05) is 11.6 Å². The van der Waals surface area contributed by atoms with Crippen molar-refractivity contribution in [2.45, 2.75) is 6.42 Å². The van der Waals surface area contributed by atoms with Crippen LogP contribution >= 0.6 is 11.6 Å². The second-order valence-corrected chi connectivity index (χ2v) is 4.89. The third kappa shape index (κ3) is 2.38. The monoisotopic (exact) mass is 286 g/mol. The van der Waals surface area contributed by atoms with Crippen LogP contribution in [0, 0.1) is 0 Å². The molecule has 2 aromatic carbocycles. The number of halogens is 1. The van der Waals surface area contributed by atoms with Crippen LogP contribution in [0.2, 0.25) is 5.02 Å². The van der Waals surface area contributed by atoms with Crippen LogP contribution in [0.25, 0.3) is 0 Å². The average molecular weight is 287 g/mol. The van der Waals surface area contributed by atoms with E-state index in [-0.39, 0.29) is 18.1 Å². The molecule has 20 heavy (non-hydrogen) atoms. The zero-order valence-electron chi connectivity index (χ0n) is 10.5. The molecule has 0 saturated carbocycles. The highest BCUT2D eigenvalue weighted by Gasteiger charge is 2.25. The van der Waals surface area contributed by atoms with Crippen molar-refractivity contribution in [2.75, 3.05) is 5.01 Å². The van der Waals surface area contributed by atoms with Gasteiger partial charge in [0, 0.05) is 5.02 Å². The smallest absolute Gasteiger partial charge is 0.253 e. The minimum Gasteiger partial charge on any atom is -0.508 e. The fourth-order valence-electron chi connectivity index (χ4n) is 2.03. The number of phenolic OH excluding ortho intramolecular Hbond substituents is 1. The van der Waals surface area contributed by atoms with Crippen molar-refractivity contribution in [1.29, 1.82) is 0 Å². The molecule has 100 valence electrons. The van der Waals surface area contributed by atoms with Crippen LogP contribution in [0.3, 0.4) is 0 Å². The molecule has 4 nitrogen and oxygen atoms in total. The lowest BCUT2D eigenvalue weighted by Crippen LogP contribution is -2.19. The van der Waals surface area contributed by atoms with E-state index in [1.165, 1.54) is 5.01 Å². The fraction of sp³-hybridized carbons (Fsp3) is 0.0667. The van der Waals surface area contributed by atoms with Crippen molar-refractivity contribution in [3.63, 3.8) is 0 Å². The molecule has 0 radical (unpaired) electrons. The Morgan fingerprint density at radius 2 is 1.70 bits per heavy atom. The van der Waals surface area contributed by atoms with Crippen molar-refractivity contribution in [1.82, 2.24) is 0 Å². The SMILES string of the molecule is O=C1CC(c2ccc(O)cc2)=NN1c1ccc(Cl)cc1. The Morgan fingerprint density at radius 3 is 2.35 bits per heavy atom. The number of phenols is 1. The van der Waals surface area contributed by atoms with Gasteiger partial charge in [-0.2, -0.15) is 5.10 Å². The summed E-state index contributed by atoms with van der Waals surface area (Å²) in [6.45, 7) is 0. The summed E-state index contributed by atoms with van der Waals surface area (Å²) in [5, 5.41) is 15.6. The molecule has 1 amide bonds. The highest BCUT2D eigenvalue weighted by molar-refractivity contribution is 6.30. The molecule has 1 heterocycles. The van der Waals surface area contributed by atoms with Crippen molar-refractivity contribution >= 4 is 28.9 Å². The lowest BCUT2D eigenvalue weighted by molar-refractivity contribution is -0.116. The van der Waals surface area contributed by atoms with E-state index in [2.05, 4.69) is 5.10 Å². The zero-order valence-corrected chi connectivity index (χ0v) is 11.2. The van der Waals surface area contributed by atoms with Gasteiger partial charge < -0.3 is 5.11 Å². The van der Waals surface area contributed by atoms with Gasteiger partial charge in [0.1, 0.15) is 5.75 Å². The molecule has 1 aliphatic rings. The van der Waals surface area contributed by atoms with Gasteiger partial charge in [-0.25, -0.2) is 5.01 Å². The van der Waals surface area contributed by atoms with Gasteiger partial charge in [0.15, 0.2) is 0 Å². The normalized spacial score (nSPS) is 14.6. The van der Waals surface area contributed by atoms with E-state index in [0.29, 0.717) is 16.4 Å². The summed E-state index contributed by atoms with van der Waals surface area (Å²) < 4.78 is 0. The predicted molar refractivity (Wildman–Crippen MR) is 78.2 cm³/mol. The number of hydrogen-bond acceptors (Lipinski definition) is 3. The predicted octanol–water partition coefficient (Wildman–Crippen LogP) is 3.19. The summed E-state index contributed by atoms with van der Waals surface area (Å²) in [5.74, 6) is 0.101. The van der Waals surface area contributed by atoms with Gasteiger partial charge in [0.25, 0.3) is 5.91 Å². The van der Waals surface area contributed by atoms with E-state index in [4.69, 9.17) is 11.6 Å². The summed E-state index contributed by atoms with van der Waals surface area (Å²) >= 11 is 5.83. The molecule has 1 aliphatic heterocycles. The zero-order chi connectivity index (χ0) is 14.1. The molecular formula is C15H11ClN2O2. The first kappa shape index (κ1) is 12.7. The first-order chi connectivity index (χ1) is 9.63. The molecule has 5 heteroatoms. The van der Waals surface area contributed by atoms with Gasteiger partial charge in [-0.15, -0.1) is 0 Å². The van der Waals surface area contributed by atoms with Crippen LogP contribution in [0.15, 0.2) is 53.6 Å². The summed E-state index contributed by atoms with van der Waals surface area (Å²) in [6.07, 6.45) is 0.243. The topological polar surface area (TPSA) is 52.9 Å². The molecule has 3 rings (SSSR count). The van der Waals surface area contributed by atoms with Crippen molar-refractivity contribution in [3.05, 3.63) is 59.1 Å². The van der Waals surface area contributed by atoms with Gasteiger partial charge in [0.05, 0.1) is 17.8 Å². The summed E-state index contributed by atoms with van der Waals surface area (Å²) in [4.78, 5) is 12.0. The van der Waals surface area contributed by atoms with Crippen molar-refractivity contribution in [3.8, 4) is 5.75 Å². The number of aromatic hydroxyl groups is 1. The Labute approximate surface area is 120 Å². The second-order valence-electron chi connectivity index (χ2n) is 4.45. The third-order valence-electron chi connectivity index (χ3n) is 3.05. The van der Waals surface area contributed by atoms with Crippen LogP contribution in [-0.2, 0) is 4.79 Å². The largest absolute Gasteiger partial charge is 0.508 e. The molecular weight excluding hydrogens is 276 g/mol. The van der Waals surface area contributed by atoms with Crippen LogP contribution in [0.1, 0.15) is 12.0 Å². The highest BCUT2D eigenvalue weighted by atomic mass is 35.5. The Balaban J connectivity index is 1.92. The lowest BCUT2D eigenvalue weighted by Gasteiger charge is -2.11. The van der Waals surface area contributed by atoms with Crippen LogP contribution in [0.4, 0.5) is 5.69 Å². The quantitative estimate of drug-likeness (QED) is 0.922. The summed E-state index contributed by atoms with van der Waals surface area (Å²) in [6, 6.07) is 13.6. The summed E-state index contributed by atoms with van der Waals surface area (Å²) in [5.41, 5.74) is 2.20. The molecule has 0 atom stereocenters. The Morgan fingerprint density at radius 1 is 1.05 bits per heavy atom. The third-order valence-corrected chi connectivity index (χ3v) is 3.30. The Hall–Kier alpha value is -2.33. The molecule has 0 saturated heterocycles. The number of hydrogen-bond donors (Lipinski definition) is 1. The molecule has 0 aliphatic carbocycles. The van der Waals surface area contributed by atoms with Crippen LogP contribution in [-0.4, -0.2) is 16.7 Å². The molecule has 0 aromatic heterocycles. The molecule has 0 spiro atoms. The van der Waals surface area contributed by atoms with Gasteiger partial charge in [0.2, 0.25) is 0 Å². The highest BCUT2D eigenvalue weighted by Crippen LogP contribution is 2.24. The van der Waals surface area contributed by atoms with Crippen LogP contribution < -0.4 is 5.01 Å². The molecule has 0 bridgehead atoms. The standard InChI is InChI=1S/C15H11ClN2O2/c16-11-3-5-12(6-4-11)18-15(20)9-14(17-18)10-1-7-13(19)8-2-10/h1-8,19H,9H2. The number of hydrazone groups is 1. The number of rotatable bonds is 2. The number of benzene rings is 2. The van der Waals surface area contributed by atoms with E-state index in [9.17, 15) is 9.90 Å². The molecule has 0 unspecified atom stereocenters. The number of amides is 1. The van der Waals surface area contributed by atoms with Gasteiger partial charge >= 0.3 is 0 Å². The minimum atomic E-state index is -0.0876. The van der Waals surface area contributed by atoms with Gasteiger partial charge in [-0.05, 0) is 54.1 Å². The maximum atomic E-state index is 12.0. The van der Waals surface area contributed by atoms with E-state index >= 15 is 0 Å². The first-order valence-electron chi connectivity index (χ1n) is 6.09. The maximum absolute atomic E-state index is 12.0. The van der Waals surface area contributed by atoms with E-state index in [1.54, 1.807) is 48.5 Å². The van der Waals surface area contributed by atoms with E-state index in [0.717, 1.165) is 5.56 Å². The molecule has 2 aromatic rings. The Kier molecular flexibility index (Phi) is 3.16. The first-order valence-corrected chi connectivity index (χ1v) is 6.47. The van der Waals surface area contributed by atoms with Crippen molar-refractivity contribution < 1.29 is 9.90 Å².